The van der Waals surface area contributed by atoms with E-state index < -0.39 is 11.9 Å². The SMILES string of the molecule is CCOc1cc(/C=C2/N=C(c3ccc(OC)cc3)OC2=O)ccc1OC(=O)c1ccccc1OC. The molecule has 0 spiro atoms. The molecule has 0 radical (unpaired) electrons. The van der Waals surface area contributed by atoms with Gasteiger partial charge in [0.2, 0.25) is 5.90 Å². The van der Waals surface area contributed by atoms with Crippen LogP contribution in [-0.2, 0) is 9.53 Å². The van der Waals surface area contributed by atoms with Crippen LogP contribution in [0, 0.1) is 0 Å². The lowest BCUT2D eigenvalue weighted by Crippen LogP contribution is -2.11. The van der Waals surface area contributed by atoms with Crippen molar-refractivity contribution >= 4 is 23.9 Å². The van der Waals surface area contributed by atoms with E-state index in [0.29, 0.717) is 35.0 Å². The van der Waals surface area contributed by atoms with Crippen molar-refractivity contribution in [2.45, 2.75) is 6.92 Å². The van der Waals surface area contributed by atoms with Crippen LogP contribution in [0.5, 0.6) is 23.0 Å². The van der Waals surface area contributed by atoms with E-state index in [-0.39, 0.29) is 22.9 Å². The van der Waals surface area contributed by atoms with Crippen molar-refractivity contribution in [3.63, 3.8) is 0 Å². The first-order valence-corrected chi connectivity index (χ1v) is 10.8. The van der Waals surface area contributed by atoms with Crippen LogP contribution in [0.1, 0.15) is 28.4 Å². The van der Waals surface area contributed by atoms with E-state index in [1.54, 1.807) is 79.9 Å². The first-order chi connectivity index (χ1) is 17.0. The average molecular weight is 473 g/mol. The Hall–Kier alpha value is -4.59. The minimum Gasteiger partial charge on any atom is -0.497 e. The number of aliphatic imine (C=N–C) groups is 1. The molecular formula is C27H23NO7. The number of benzene rings is 3. The Morgan fingerprint density at radius 3 is 2.43 bits per heavy atom. The lowest BCUT2D eigenvalue weighted by Gasteiger charge is -2.12. The summed E-state index contributed by atoms with van der Waals surface area (Å²) in [5.41, 5.74) is 1.70. The van der Waals surface area contributed by atoms with E-state index in [2.05, 4.69) is 4.99 Å². The normalized spacial score (nSPS) is 13.7. The molecule has 0 saturated heterocycles. The van der Waals surface area contributed by atoms with Crippen LogP contribution in [0.3, 0.4) is 0 Å². The van der Waals surface area contributed by atoms with E-state index in [0.717, 1.165) is 0 Å². The summed E-state index contributed by atoms with van der Waals surface area (Å²) in [5, 5.41) is 0. The van der Waals surface area contributed by atoms with Gasteiger partial charge in [-0.1, -0.05) is 18.2 Å². The zero-order valence-corrected chi connectivity index (χ0v) is 19.4. The van der Waals surface area contributed by atoms with Crippen LogP contribution in [-0.4, -0.2) is 38.7 Å². The number of hydrogen-bond acceptors (Lipinski definition) is 8. The number of esters is 2. The van der Waals surface area contributed by atoms with Crippen molar-refractivity contribution in [1.29, 1.82) is 0 Å². The molecule has 8 nitrogen and oxygen atoms in total. The maximum atomic E-state index is 12.7. The summed E-state index contributed by atoms with van der Waals surface area (Å²) in [6.45, 7) is 2.16. The van der Waals surface area contributed by atoms with Crippen LogP contribution in [0.2, 0.25) is 0 Å². The molecule has 0 bridgehead atoms. The zero-order chi connectivity index (χ0) is 24.8. The lowest BCUT2D eigenvalue weighted by molar-refractivity contribution is -0.129. The summed E-state index contributed by atoms with van der Waals surface area (Å²) in [7, 11) is 3.06. The molecule has 3 aromatic rings. The Bertz CT molecular complexity index is 1310. The van der Waals surface area contributed by atoms with Crippen LogP contribution in [0.4, 0.5) is 0 Å². The topological polar surface area (TPSA) is 92.6 Å². The summed E-state index contributed by atoms with van der Waals surface area (Å²) in [6, 6.07) is 18.8. The van der Waals surface area contributed by atoms with Crippen LogP contribution >= 0.6 is 0 Å². The molecule has 8 heteroatoms. The minimum atomic E-state index is -0.581. The third-order valence-electron chi connectivity index (χ3n) is 5.06. The van der Waals surface area contributed by atoms with Gasteiger partial charge in [-0.15, -0.1) is 0 Å². The van der Waals surface area contributed by atoms with Crippen molar-refractivity contribution in [2.75, 3.05) is 20.8 Å². The van der Waals surface area contributed by atoms with Gasteiger partial charge < -0.3 is 23.7 Å². The molecule has 0 N–H and O–H groups in total. The molecule has 0 aromatic heterocycles. The number of hydrogen-bond donors (Lipinski definition) is 0. The number of cyclic esters (lactones) is 1. The molecular weight excluding hydrogens is 450 g/mol. The highest BCUT2D eigenvalue weighted by Crippen LogP contribution is 2.32. The second-order valence-electron chi connectivity index (χ2n) is 7.29. The number of ether oxygens (including phenoxy) is 5. The van der Waals surface area contributed by atoms with E-state index in [1.165, 1.54) is 7.11 Å². The molecule has 0 atom stereocenters. The molecule has 4 rings (SSSR count). The highest BCUT2D eigenvalue weighted by atomic mass is 16.6. The molecule has 1 aliphatic rings. The Morgan fingerprint density at radius 2 is 1.71 bits per heavy atom. The van der Waals surface area contributed by atoms with Gasteiger partial charge in [0.05, 0.1) is 20.8 Å². The summed E-state index contributed by atoms with van der Waals surface area (Å²) < 4.78 is 26.9. The fraction of sp³-hybridized carbons (Fsp3) is 0.148. The lowest BCUT2D eigenvalue weighted by atomic mass is 10.1. The van der Waals surface area contributed by atoms with E-state index in [4.69, 9.17) is 23.7 Å². The second kappa shape index (κ2) is 10.6. The zero-order valence-electron chi connectivity index (χ0n) is 19.4. The van der Waals surface area contributed by atoms with Gasteiger partial charge >= 0.3 is 11.9 Å². The van der Waals surface area contributed by atoms with E-state index in [1.807, 2.05) is 6.92 Å². The Morgan fingerprint density at radius 1 is 0.943 bits per heavy atom. The smallest absolute Gasteiger partial charge is 0.363 e. The second-order valence-corrected chi connectivity index (χ2v) is 7.29. The summed E-state index contributed by atoms with van der Waals surface area (Å²) in [4.78, 5) is 29.4. The quantitative estimate of drug-likeness (QED) is 0.267. The number of carbonyl (C=O) groups is 2. The predicted octanol–water partition coefficient (Wildman–Crippen LogP) is 4.67. The van der Waals surface area contributed by atoms with Gasteiger partial charge in [0, 0.05) is 5.56 Å². The van der Waals surface area contributed by atoms with E-state index >= 15 is 0 Å². The highest BCUT2D eigenvalue weighted by Gasteiger charge is 2.24. The van der Waals surface area contributed by atoms with Crippen LogP contribution < -0.4 is 18.9 Å². The van der Waals surface area contributed by atoms with Crippen molar-refractivity contribution in [1.82, 2.24) is 0 Å². The minimum absolute atomic E-state index is 0.136. The Balaban J connectivity index is 1.59. The molecule has 0 saturated carbocycles. The molecule has 0 aliphatic carbocycles. The van der Waals surface area contributed by atoms with Gasteiger partial charge in [-0.25, -0.2) is 14.6 Å². The number of carbonyl (C=O) groups excluding carboxylic acids is 2. The third kappa shape index (κ3) is 5.33. The van der Waals surface area contributed by atoms with Gasteiger partial charge in [-0.2, -0.15) is 0 Å². The van der Waals surface area contributed by atoms with Gasteiger partial charge in [0.1, 0.15) is 17.1 Å². The first-order valence-electron chi connectivity index (χ1n) is 10.8. The van der Waals surface area contributed by atoms with Crippen molar-refractivity contribution in [2.24, 2.45) is 4.99 Å². The number of methoxy groups -OCH3 is 2. The largest absolute Gasteiger partial charge is 0.497 e. The van der Waals surface area contributed by atoms with Gasteiger partial charge in [0.15, 0.2) is 17.2 Å². The van der Waals surface area contributed by atoms with Gasteiger partial charge in [-0.3, -0.25) is 0 Å². The molecule has 0 fully saturated rings. The average Bonchev–Trinajstić information content (AvgIpc) is 3.25. The Labute approximate surface area is 202 Å². The fourth-order valence-electron chi connectivity index (χ4n) is 3.36. The molecule has 1 heterocycles. The standard InChI is InChI=1S/C27H23NO7/c1-4-33-24-16-17(9-14-23(24)34-26(29)20-7-5-6-8-22(20)32-3)15-21-27(30)35-25(28-21)18-10-12-19(31-2)13-11-18/h5-16H,4H2,1-3H3/b21-15+. The third-order valence-corrected chi connectivity index (χ3v) is 5.06. The summed E-state index contributed by atoms with van der Waals surface area (Å²) in [6.07, 6.45) is 1.58. The van der Waals surface area contributed by atoms with Crippen molar-refractivity contribution in [3.8, 4) is 23.0 Å². The summed E-state index contributed by atoms with van der Waals surface area (Å²) >= 11 is 0. The monoisotopic (exact) mass is 473 g/mol. The van der Waals surface area contributed by atoms with Gasteiger partial charge in [-0.05, 0) is 67.1 Å². The molecule has 35 heavy (non-hydrogen) atoms. The molecule has 3 aromatic carbocycles. The highest BCUT2D eigenvalue weighted by molar-refractivity contribution is 6.12. The molecule has 0 amide bonds. The number of rotatable bonds is 8. The van der Waals surface area contributed by atoms with Gasteiger partial charge in [0.25, 0.3) is 0 Å². The first kappa shape index (κ1) is 23.6. The summed E-state index contributed by atoms with van der Waals surface area (Å²) in [5.74, 6) is 0.725. The van der Waals surface area contributed by atoms with E-state index in [9.17, 15) is 9.59 Å². The maximum absolute atomic E-state index is 12.7. The fourth-order valence-corrected chi connectivity index (χ4v) is 3.36. The van der Waals surface area contributed by atoms with Crippen molar-refractivity contribution < 1.29 is 33.3 Å². The molecule has 0 unspecified atom stereocenters. The maximum Gasteiger partial charge on any atom is 0.363 e. The van der Waals surface area contributed by atoms with Crippen molar-refractivity contribution in [3.05, 3.63) is 89.1 Å². The van der Waals surface area contributed by atoms with Crippen LogP contribution in [0.15, 0.2) is 77.4 Å². The Kier molecular flexibility index (Phi) is 7.11. The number of nitrogens with zero attached hydrogens (tertiary/aromatic N) is 1. The van der Waals surface area contributed by atoms with Crippen LogP contribution in [0.25, 0.3) is 6.08 Å². The number of para-hydroxylation sites is 1. The predicted molar refractivity (Wildman–Crippen MR) is 129 cm³/mol. The molecule has 178 valence electrons. The molecule has 1 aliphatic heterocycles.